The second-order valence-electron chi connectivity index (χ2n) is 6.37. The summed E-state index contributed by atoms with van der Waals surface area (Å²) < 4.78 is 6.79. The average Bonchev–Trinajstić information content (AvgIpc) is 3.10. The van der Waals surface area contributed by atoms with Gasteiger partial charge in [0.25, 0.3) is 5.91 Å². The molecule has 9 heteroatoms. The van der Waals surface area contributed by atoms with Crippen LogP contribution in [0.3, 0.4) is 0 Å². The highest BCUT2D eigenvalue weighted by molar-refractivity contribution is 7.98. The van der Waals surface area contributed by atoms with Gasteiger partial charge in [0.15, 0.2) is 5.69 Å². The largest absolute Gasteiger partial charge is 0.494 e. The maximum Gasteiger partial charge on any atom is 0.278 e. The smallest absolute Gasteiger partial charge is 0.278 e. The van der Waals surface area contributed by atoms with E-state index in [-0.39, 0.29) is 18.1 Å². The van der Waals surface area contributed by atoms with Crippen LogP contribution in [-0.4, -0.2) is 39.7 Å². The summed E-state index contributed by atoms with van der Waals surface area (Å²) in [5.74, 6) is 0.0856. The molecule has 0 spiro atoms. The van der Waals surface area contributed by atoms with E-state index in [1.54, 1.807) is 43.0 Å². The topological polar surface area (TPSA) is 98.1 Å². The number of aromatic nitrogens is 3. The first kappa shape index (κ1) is 21.4. The van der Waals surface area contributed by atoms with E-state index in [1.165, 1.54) is 4.68 Å². The third kappa shape index (κ3) is 5.38. The van der Waals surface area contributed by atoms with Gasteiger partial charge in [0.05, 0.1) is 12.3 Å². The lowest BCUT2D eigenvalue weighted by atomic mass is 10.2. The fourth-order valence-corrected chi connectivity index (χ4v) is 3.21. The first-order chi connectivity index (χ1) is 14.5. The van der Waals surface area contributed by atoms with Gasteiger partial charge in [-0.3, -0.25) is 9.59 Å². The quantitative estimate of drug-likeness (QED) is 0.535. The number of ether oxygens (including phenoxy) is 1. The van der Waals surface area contributed by atoms with E-state index in [4.69, 9.17) is 4.74 Å². The van der Waals surface area contributed by atoms with Gasteiger partial charge in [-0.25, -0.2) is 4.68 Å². The van der Waals surface area contributed by atoms with E-state index < -0.39 is 5.91 Å². The summed E-state index contributed by atoms with van der Waals surface area (Å²) in [6.07, 6.45) is 1.97. The predicted molar refractivity (Wildman–Crippen MR) is 117 cm³/mol. The molecule has 8 nitrogen and oxygen atoms in total. The summed E-state index contributed by atoms with van der Waals surface area (Å²) in [7, 11) is 0. The highest BCUT2D eigenvalue weighted by Gasteiger charge is 2.18. The summed E-state index contributed by atoms with van der Waals surface area (Å²) in [6.45, 7) is 4.14. The maximum atomic E-state index is 12.5. The predicted octanol–water partition coefficient (Wildman–Crippen LogP) is 3.60. The number of carbonyl (C=O) groups is 2. The van der Waals surface area contributed by atoms with Gasteiger partial charge in [0.1, 0.15) is 12.3 Å². The number of carbonyl (C=O) groups excluding carboxylic acids is 2. The van der Waals surface area contributed by atoms with Crippen molar-refractivity contribution >= 4 is 35.0 Å². The second kappa shape index (κ2) is 9.93. The number of hydrogen-bond acceptors (Lipinski definition) is 6. The molecule has 1 aromatic heterocycles. The van der Waals surface area contributed by atoms with Gasteiger partial charge in [-0.2, -0.15) is 0 Å². The van der Waals surface area contributed by atoms with Gasteiger partial charge < -0.3 is 15.4 Å². The Hall–Kier alpha value is -3.33. The monoisotopic (exact) mass is 425 g/mol. The van der Waals surface area contributed by atoms with Crippen molar-refractivity contribution in [2.24, 2.45) is 0 Å². The number of nitrogens with zero attached hydrogens (tertiary/aromatic N) is 3. The van der Waals surface area contributed by atoms with Gasteiger partial charge in [0.2, 0.25) is 5.91 Å². The molecule has 0 aliphatic rings. The third-order valence-corrected chi connectivity index (χ3v) is 4.99. The van der Waals surface area contributed by atoms with Crippen LogP contribution in [-0.2, 0) is 11.3 Å². The van der Waals surface area contributed by atoms with E-state index in [0.717, 1.165) is 10.6 Å². The Balaban J connectivity index is 1.63. The Labute approximate surface area is 179 Å². The fraction of sp³-hybridized carbons (Fsp3) is 0.238. The minimum atomic E-state index is -0.393. The van der Waals surface area contributed by atoms with Gasteiger partial charge in [0, 0.05) is 16.3 Å². The number of hydrogen-bond donors (Lipinski definition) is 2. The zero-order chi connectivity index (χ0) is 21.5. The molecule has 3 rings (SSSR count). The summed E-state index contributed by atoms with van der Waals surface area (Å²) in [4.78, 5) is 26.0. The molecule has 2 N–H and O–H groups in total. The van der Waals surface area contributed by atoms with E-state index in [9.17, 15) is 9.59 Å². The number of thioether (sulfide) groups is 1. The number of benzene rings is 2. The molecule has 0 bridgehead atoms. The molecule has 0 radical (unpaired) electrons. The molecule has 30 heavy (non-hydrogen) atoms. The van der Waals surface area contributed by atoms with E-state index in [1.807, 2.05) is 37.4 Å². The highest BCUT2D eigenvalue weighted by atomic mass is 32.2. The summed E-state index contributed by atoms with van der Waals surface area (Å²) >= 11 is 1.60. The molecule has 0 saturated heterocycles. The van der Waals surface area contributed by atoms with Crippen LogP contribution in [0.5, 0.6) is 5.75 Å². The molecule has 156 valence electrons. The molecular weight excluding hydrogens is 402 g/mol. The van der Waals surface area contributed by atoms with Crippen molar-refractivity contribution in [3.63, 3.8) is 0 Å². The molecule has 3 aromatic rings. The Morgan fingerprint density at radius 1 is 1.10 bits per heavy atom. The summed E-state index contributed by atoms with van der Waals surface area (Å²) in [6, 6.07) is 14.6. The molecule has 2 amide bonds. The van der Waals surface area contributed by atoms with Gasteiger partial charge in [-0.05, 0) is 62.6 Å². The van der Waals surface area contributed by atoms with Crippen LogP contribution in [0, 0.1) is 6.92 Å². The SMILES string of the molecule is CCOc1ccc(NC(=O)c2nnn(CC(=O)Nc3cccc(SC)c3)c2C)cc1. The lowest BCUT2D eigenvalue weighted by Gasteiger charge is -2.08. The molecule has 0 unspecified atom stereocenters. The number of anilines is 2. The molecule has 1 heterocycles. The van der Waals surface area contributed by atoms with Gasteiger partial charge >= 0.3 is 0 Å². The Morgan fingerprint density at radius 3 is 2.57 bits per heavy atom. The van der Waals surface area contributed by atoms with Gasteiger partial charge in [-0.1, -0.05) is 11.3 Å². The van der Waals surface area contributed by atoms with Crippen molar-refractivity contribution < 1.29 is 14.3 Å². The van der Waals surface area contributed by atoms with Crippen LogP contribution in [0.25, 0.3) is 0 Å². The minimum Gasteiger partial charge on any atom is -0.494 e. The average molecular weight is 426 g/mol. The van der Waals surface area contributed by atoms with Gasteiger partial charge in [-0.15, -0.1) is 16.9 Å². The van der Waals surface area contributed by atoms with Crippen LogP contribution >= 0.6 is 11.8 Å². The van der Waals surface area contributed by atoms with E-state index in [2.05, 4.69) is 20.9 Å². The van der Waals surface area contributed by atoms with E-state index in [0.29, 0.717) is 23.7 Å². The molecule has 0 atom stereocenters. The molecule has 2 aromatic carbocycles. The van der Waals surface area contributed by atoms with Crippen LogP contribution < -0.4 is 15.4 Å². The first-order valence-corrected chi connectivity index (χ1v) is 10.6. The molecule has 0 saturated carbocycles. The van der Waals surface area contributed by atoms with Crippen molar-refractivity contribution in [1.29, 1.82) is 0 Å². The zero-order valence-electron chi connectivity index (χ0n) is 17.0. The highest BCUT2D eigenvalue weighted by Crippen LogP contribution is 2.19. The number of rotatable bonds is 8. The Kier molecular flexibility index (Phi) is 7.08. The van der Waals surface area contributed by atoms with Crippen LogP contribution in [0.1, 0.15) is 23.1 Å². The second-order valence-corrected chi connectivity index (χ2v) is 7.25. The molecule has 0 aliphatic carbocycles. The molecule has 0 aliphatic heterocycles. The minimum absolute atomic E-state index is 0.0430. The molecule has 0 fully saturated rings. The van der Waals surface area contributed by atoms with Crippen LogP contribution in [0.15, 0.2) is 53.4 Å². The lowest BCUT2D eigenvalue weighted by Crippen LogP contribution is -2.21. The summed E-state index contributed by atoms with van der Waals surface area (Å²) in [5, 5.41) is 13.5. The third-order valence-electron chi connectivity index (χ3n) is 4.27. The maximum absolute atomic E-state index is 12.5. The lowest BCUT2D eigenvalue weighted by molar-refractivity contribution is -0.117. The van der Waals surface area contributed by atoms with Crippen molar-refractivity contribution in [3.8, 4) is 5.75 Å². The number of nitrogens with one attached hydrogen (secondary N) is 2. The van der Waals surface area contributed by atoms with Crippen molar-refractivity contribution in [3.05, 3.63) is 59.9 Å². The Bertz CT molecular complexity index is 1030. The van der Waals surface area contributed by atoms with Crippen LogP contribution in [0.2, 0.25) is 0 Å². The van der Waals surface area contributed by atoms with Crippen molar-refractivity contribution in [1.82, 2.24) is 15.0 Å². The first-order valence-electron chi connectivity index (χ1n) is 9.38. The van der Waals surface area contributed by atoms with Crippen LogP contribution in [0.4, 0.5) is 11.4 Å². The standard InChI is InChI=1S/C21H23N5O3S/c1-4-29-17-10-8-15(9-11-17)23-21(28)20-14(2)26(25-24-20)13-19(27)22-16-6-5-7-18(12-16)30-3/h5-12H,4,13H2,1-3H3,(H,22,27)(H,23,28). The normalized spacial score (nSPS) is 10.5. The fourth-order valence-electron chi connectivity index (χ4n) is 2.75. The zero-order valence-corrected chi connectivity index (χ0v) is 17.8. The summed E-state index contributed by atoms with van der Waals surface area (Å²) in [5.41, 5.74) is 1.99. The number of amides is 2. The Morgan fingerprint density at radius 2 is 1.87 bits per heavy atom. The van der Waals surface area contributed by atoms with Crippen molar-refractivity contribution in [2.75, 3.05) is 23.5 Å². The molecular formula is C21H23N5O3S. The van der Waals surface area contributed by atoms with E-state index >= 15 is 0 Å². The van der Waals surface area contributed by atoms with Crippen molar-refractivity contribution in [2.45, 2.75) is 25.3 Å².